The Labute approximate surface area is 174 Å². The van der Waals surface area contributed by atoms with E-state index in [4.69, 9.17) is 9.97 Å². The van der Waals surface area contributed by atoms with Crippen LogP contribution in [0.2, 0.25) is 0 Å². The quantitative estimate of drug-likeness (QED) is 0.420. The molecule has 1 aromatic carbocycles. The maximum absolute atomic E-state index is 4.84. The zero-order valence-corrected chi connectivity index (χ0v) is 18.0. The molecule has 1 aliphatic carbocycles. The van der Waals surface area contributed by atoms with E-state index in [-0.39, 0.29) is 0 Å². The molecule has 1 aliphatic heterocycles. The topological polar surface area (TPSA) is 41.1 Å². The molecule has 5 rings (SSSR count). The molecule has 1 saturated heterocycles. The van der Waals surface area contributed by atoms with Crippen LogP contribution in [0.25, 0.3) is 10.2 Å². The minimum absolute atomic E-state index is 0.846. The van der Waals surface area contributed by atoms with Gasteiger partial charge in [-0.15, -0.1) is 11.3 Å². The third-order valence-electron chi connectivity index (χ3n) is 5.83. The van der Waals surface area contributed by atoms with Crippen LogP contribution in [-0.4, -0.2) is 29.3 Å². The first-order valence-electron chi connectivity index (χ1n) is 10.3. The van der Waals surface area contributed by atoms with Gasteiger partial charge in [-0.2, -0.15) is 0 Å². The third kappa shape index (κ3) is 3.48. The van der Waals surface area contributed by atoms with E-state index in [9.17, 15) is 0 Å². The fourth-order valence-corrected chi connectivity index (χ4v) is 6.05. The van der Waals surface area contributed by atoms with Crippen molar-refractivity contribution in [2.75, 3.05) is 29.6 Å². The van der Waals surface area contributed by atoms with Gasteiger partial charge in [-0.1, -0.05) is 11.8 Å². The van der Waals surface area contributed by atoms with Crippen LogP contribution in [0.15, 0.2) is 29.4 Å². The van der Waals surface area contributed by atoms with Gasteiger partial charge in [0.05, 0.1) is 5.39 Å². The average Bonchev–Trinajstić information content (AvgIpc) is 3.13. The Morgan fingerprint density at radius 1 is 0.964 bits per heavy atom. The molecule has 3 aromatic rings. The highest BCUT2D eigenvalue weighted by atomic mass is 32.2. The number of thioether (sulfide) groups is 1. The zero-order valence-electron chi connectivity index (χ0n) is 16.3. The number of fused-ring (bicyclic) bond motifs is 3. The predicted octanol–water partition coefficient (Wildman–Crippen LogP) is 6.03. The number of hydrogen-bond acceptors (Lipinski definition) is 6. The molecule has 2 aliphatic rings. The second-order valence-electron chi connectivity index (χ2n) is 7.67. The Balaban J connectivity index is 1.47. The molecule has 28 heavy (non-hydrogen) atoms. The lowest BCUT2D eigenvalue weighted by atomic mass is 9.97. The molecule has 0 bridgehead atoms. The smallest absolute Gasteiger partial charge is 0.190 e. The van der Waals surface area contributed by atoms with E-state index in [2.05, 4.69) is 34.5 Å². The molecule has 0 saturated carbocycles. The molecular formula is C22H26N4S2. The molecule has 0 unspecified atom stereocenters. The average molecular weight is 411 g/mol. The number of piperidine rings is 1. The van der Waals surface area contributed by atoms with Crippen LogP contribution in [0.1, 0.15) is 42.5 Å². The lowest BCUT2D eigenvalue weighted by molar-refractivity contribution is 0.578. The number of rotatable bonds is 4. The summed E-state index contributed by atoms with van der Waals surface area (Å²) in [6, 6.07) is 8.86. The van der Waals surface area contributed by atoms with E-state index >= 15 is 0 Å². The molecule has 1 N–H and O–H groups in total. The zero-order chi connectivity index (χ0) is 18.9. The van der Waals surface area contributed by atoms with Crippen molar-refractivity contribution in [2.24, 2.45) is 0 Å². The van der Waals surface area contributed by atoms with Gasteiger partial charge in [0.1, 0.15) is 10.6 Å². The number of hydrogen-bond donors (Lipinski definition) is 1. The third-order valence-corrected chi connectivity index (χ3v) is 7.56. The van der Waals surface area contributed by atoms with Crippen molar-refractivity contribution in [3.05, 3.63) is 34.7 Å². The van der Waals surface area contributed by atoms with Gasteiger partial charge in [-0.25, -0.2) is 9.97 Å². The van der Waals surface area contributed by atoms with Crippen LogP contribution < -0.4 is 10.2 Å². The Morgan fingerprint density at radius 2 is 1.75 bits per heavy atom. The standard InChI is InChI=1S/C22H26N4S2/c1-27-22-24-20(19-17-7-3-4-8-18(17)28-21(19)25-22)23-15-9-11-16(12-10-15)26-13-5-2-6-14-26/h9-12H,2-8,13-14H2,1H3,(H,23,24,25). The van der Waals surface area contributed by atoms with E-state index in [0.717, 1.165) is 27.9 Å². The van der Waals surface area contributed by atoms with E-state index in [1.54, 1.807) is 11.8 Å². The van der Waals surface area contributed by atoms with Crippen LogP contribution >= 0.6 is 23.1 Å². The van der Waals surface area contributed by atoms with Crippen LogP contribution in [0.3, 0.4) is 0 Å². The predicted molar refractivity (Wildman–Crippen MR) is 122 cm³/mol. The number of thiophene rings is 1. The van der Waals surface area contributed by atoms with Gasteiger partial charge >= 0.3 is 0 Å². The maximum Gasteiger partial charge on any atom is 0.190 e. The second-order valence-corrected chi connectivity index (χ2v) is 9.53. The van der Waals surface area contributed by atoms with Crippen molar-refractivity contribution in [3.63, 3.8) is 0 Å². The van der Waals surface area contributed by atoms with Gasteiger partial charge in [-0.05, 0) is 81.0 Å². The highest BCUT2D eigenvalue weighted by Gasteiger charge is 2.21. The van der Waals surface area contributed by atoms with E-state index in [1.165, 1.54) is 73.1 Å². The van der Waals surface area contributed by atoms with Crippen molar-refractivity contribution in [3.8, 4) is 0 Å². The molecule has 3 heterocycles. The van der Waals surface area contributed by atoms with Gasteiger partial charge in [-0.3, -0.25) is 0 Å². The van der Waals surface area contributed by atoms with Gasteiger partial charge in [0, 0.05) is 29.3 Å². The summed E-state index contributed by atoms with van der Waals surface area (Å²) < 4.78 is 0. The second kappa shape index (κ2) is 7.91. The van der Waals surface area contributed by atoms with Crippen molar-refractivity contribution in [1.82, 2.24) is 9.97 Å². The summed E-state index contributed by atoms with van der Waals surface area (Å²) in [6.07, 6.45) is 10.9. The van der Waals surface area contributed by atoms with Crippen molar-refractivity contribution in [1.29, 1.82) is 0 Å². The van der Waals surface area contributed by atoms with E-state index < -0.39 is 0 Å². The maximum atomic E-state index is 4.84. The number of anilines is 3. The molecule has 146 valence electrons. The first-order chi connectivity index (χ1) is 13.8. The van der Waals surface area contributed by atoms with Crippen molar-refractivity contribution in [2.45, 2.75) is 50.1 Å². The molecule has 0 radical (unpaired) electrons. The Hall–Kier alpha value is -1.79. The molecule has 6 heteroatoms. The summed E-state index contributed by atoms with van der Waals surface area (Å²) in [4.78, 5) is 14.8. The Bertz CT molecular complexity index is 974. The molecule has 0 spiro atoms. The number of aryl methyl sites for hydroxylation is 2. The highest BCUT2D eigenvalue weighted by molar-refractivity contribution is 7.98. The van der Waals surface area contributed by atoms with Crippen molar-refractivity contribution < 1.29 is 0 Å². The highest BCUT2D eigenvalue weighted by Crippen LogP contribution is 2.40. The summed E-state index contributed by atoms with van der Waals surface area (Å²) >= 11 is 3.48. The minimum Gasteiger partial charge on any atom is -0.372 e. The normalized spacial score (nSPS) is 17.0. The van der Waals surface area contributed by atoms with E-state index in [1.807, 2.05) is 17.6 Å². The van der Waals surface area contributed by atoms with Gasteiger partial charge in [0.15, 0.2) is 5.16 Å². The summed E-state index contributed by atoms with van der Waals surface area (Å²) in [5.74, 6) is 0.972. The summed E-state index contributed by atoms with van der Waals surface area (Å²) in [5, 5.41) is 5.71. The van der Waals surface area contributed by atoms with Gasteiger partial charge in [0.2, 0.25) is 0 Å². The number of nitrogens with zero attached hydrogens (tertiary/aromatic N) is 3. The molecule has 0 atom stereocenters. The SMILES string of the molecule is CSc1nc(Nc2ccc(N3CCCCC3)cc2)c2c3c(sc2n1)CCCC3. The van der Waals surface area contributed by atoms with Crippen LogP contribution in [0, 0.1) is 0 Å². The number of aromatic nitrogens is 2. The summed E-state index contributed by atoms with van der Waals surface area (Å²) in [6.45, 7) is 2.36. The van der Waals surface area contributed by atoms with Crippen molar-refractivity contribution >= 4 is 50.5 Å². The van der Waals surface area contributed by atoms with Gasteiger partial charge in [0.25, 0.3) is 0 Å². The molecule has 1 fully saturated rings. The number of nitrogens with one attached hydrogen (secondary N) is 1. The first-order valence-corrected chi connectivity index (χ1v) is 12.3. The molecule has 0 amide bonds. The number of benzene rings is 1. The van der Waals surface area contributed by atoms with Gasteiger partial charge < -0.3 is 10.2 Å². The van der Waals surface area contributed by atoms with Crippen LogP contribution in [0.4, 0.5) is 17.2 Å². The fraction of sp³-hybridized carbons (Fsp3) is 0.455. The van der Waals surface area contributed by atoms with E-state index in [0.29, 0.717) is 0 Å². The van der Waals surface area contributed by atoms with Crippen LogP contribution in [0.5, 0.6) is 0 Å². The monoisotopic (exact) mass is 410 g/mol. The summed E-state index contributed by atoms with van der Waals surface area (Å²) in [5.41, 5.74) is 3.91. The molecular weight excluding hydrogens is 384 g/mol. The lowest BCUT2D eigenvalue weighted by Gasteiger charge is -2.28. The first kappa shape index (κ1) is 18.3. The Morgan fingerprint density at radius 3 is 2.54 bits per heavy atom. The summed E-state index contributed by atoms with van der Waals surface area (Å²) in [7, 11) is 0. The minimum atomic E-state index is 0.846. The molecule has 2 aromatic heterocycles. The fourth-order valence-electron chi connectivity index (χ4n) is 4.36. The lowest BCUT2D eigenvalue weighted by Crippen LogP contribution is -2.29. The largest absolute Gasteiger partial charge is 0.372 e. The Kier molecular flexibility index (Phi) is 5.16. The molecule has 4 nitrogen and oxygen atoms in total. The van der Waals surface area contributed by atoms with Crippen LogP contribution in [-0.2, 0) is 12.8 Å².